The van der Waals surface area contributed by atoms with Crippen LogP contribution in [0.3, 0.4) is 0 Å². The Bertz CT molecular complexity index is 654. The van der Waals surface area contributed by atoms with Crippen LogP contribution in [0.15, 0.2) is 12.1 Å². The van der Waals surface area contributed by atoms with Crippen molar-refractivity contribution in [2.45, 2.75) is 45.1 Å². The molecule has 0 saturated carbocycles. The number of benzene rings is 1. The maximum absolute atomic E-state index is 12.9. The van der Waals surface area contributed by atoms with E-state index in [1.165, 1.54) is 4.90 Å². The van der Waals surface area contributed by atoms with E-state index in [0.29, 0.717) is 19.6 Å². The summed E-state index contributed by atoms with van der Waals surface area (Å²) in [4.78, 5) is 26.0. The molecule has 1 saturated heterocycles. The Kier molecular flexibility index (Phi) is 3.38. The monoisotopic (exact) mass is 303 g/mol. The fraction of sp³-hybridized carbons (Fsp3) is 0.529. The Balaban J connectivity index is 1.93. The van der Waals surface area contributed by atoms with Gasteiger partial charge in [0.15, 0.2) is 0 Å². The Labute approximate surface area is 129 Å². The topological polar surface area (TPSA) is 66.8 Å². The predicted molar refractivity (Wildman–Crippen MR) is 81.1 cm³/mol. The van der Waals surface area contributed by atoms with Gasteiger partial charge in [0.2, 0.25) is 5.91 Å². The fourth-order valence-corrected chi connectivity index (χ4v) is 3.40. The van der Waals surface area contributed by atoms with Gasteiger partial charge in [0.25, 0.3) is 0 Å². The minimum Gasteiger partial charge on any atom is -0.492 e. The number of likely N-dealkylation sites (tertiary alicyclic amines) is 1. The van der Waals surface area contributed by atoms with E-state index in [1.807, 2.05) is 26.0 Å². The third kappa shape index (κ3) is 2.07. The SMILES string of the molecule is Cc1cc2c(cc1C)C(C(=O)N1CCCC1(C)C(=O)O)CO2. The van der Waals surface area contributed by atoms with Gasteiger partial charge in [-0.3, -0.25) is 4.79 Å². The van der Waals surface area contributed by atoms with Gasteiger partial charge < -0.3 is 14.7 Å². The van der Waals surface area contributed by atoms with Crippen LogP contribution in [0, 0.1) is 13.8 Å². The Morgan fingerprint density at radius 1 is 1.32 bits per heavy atom. The first kappa shape index (κ1) is 14.9. The van der Waals surface area contributed by atoms with Crippen LogP contribution in [-0.2, 0) is 9.59 Å². The first-order valence-electron chi connectivity index (χ1n) is 7.63. The second-order valence-electron chi connectivity index (χ2n) is 6.51. The van der Waals surface area contributed by atoms with E-state index in [9.17, 15) is 14.7 Å². The van der Waals surface area contributed by atoms with Gasteiger partial charge in [-0.1, -0.05) is 6.07 Å². The standard InChI is InChI=1S/C17H21NO4/c1-10-7-12-13(9-22-14(12)8-11(10)2)15(19)18-6-4-5-17(18,3)16(20)21/h7-8,13H,4-6,9H2,1-3H3,(H,20,21). The highest BCUT2D eigenvalue weighted by Gasteiger charge is 2.48. The molecular formula is C17H21NO4. The third-order valence-electron chi connectivity index (χ3n) is 5.07. The number of carbonyl (C=O) groups is 2. The van der Waals surface area contributed by atoms with Crippen molar-refractivity contribution in [2.24, 2.45) is 0 Å². The van der Waals surface area contributed by atoms with E-state index >= 15 is 0 Å². The zero-order valence-electron chi connectivity index (χ0n) is 13.2. The molecule has 3 rings (SSSR count). The van der Waals surface area contributed by atoms with Crippen LogP contribution in [0.4, 0.5) is 0 Å². The number of hydrogen-bond donors (Lipinski definition) is 1. The number of carbonyl (C=O) groups excluding carboxylic acids is 1. The lowest BCUT2D eigenvalue weighted by atomic mass is 9.93. The van der Waals surface area contributed by atoms with Gasteiger partial charge in [0, 0.05) is 12.1 Å². The molecule has 0 bridgehead atoms. The summed E-state index contributed by atoms with van der Waals surface area (Å²) >= 11 is 0. The normalized spacial score (nSPS) is 26.7. The van der Waals surface area contributed by atoms with Crippen LogP contribution < -0.4 is 4.74 Å². The fourth-order valence-electron chi connectivity index (χ4n) is 3.40. The first-order chi connectivity index (χ1) is 10.3. The Morgan fingerprint density at radius 3 is 2.68 bits per heavy atom. The minimum absolute atomic E-state index is 0.135. The summed E-state index contributed by atoms with van der Waals surface area (Å²) in [6.45, 7) is 6.45. The maximum atomic E-state index is 12.9. The zero-order chi connectivity index (χ0) is 16.1. The van der Waals surface area contributed by atoms with Crippen molar-refractivity contribution in [3.8, 4) is 5.75 Å². The minimum atomic E-state index is -1.10. The van der Waals surface area contributed by atoms with E-state index in [1.54, 1.807) is 6.92 Å². The molecule has 2 heterocycles. The predicted octanol–water partition coefficient (Wildman–Crippen LogP) is 2.25. The molecule has 5 nitrogen and oxygen atoms in total. The van der Waals surface area contributed by atoms with Crippen molar-refractivity contribution in [3.63, 3.8) is 0 Å². The van der Waals surface area contributed by atoms with Crippen LogP contribution in [0.2, 0.25) is 0 Å². The van der Waals surface area contributed by atoms with Crippen molar-refractivity contribution in [3.05, 3.63) is 28.8 Å². The number of amides is 1. The molecule has 22 heavy (non-hydrogen) atoms. The van der Waals surface area contributed by atoms with Crippen molar-refractivity contribution in [1.82, 2.24) is 4.90 Å². The summed E-state index contributed by atoms with van der Waals surface area (Å²) in [6.07, 6.45) is 1.23. The van der Waals surface area contributed by atoms with E-state index in [4.69, 9.17) is 4.74 Å². The number of carboxylic acids is 1. The molecule has 2 aliphatic rings. The van der Waals surface area contributed by atoms with Crippen molar-refractivity contribution >= 4 is 11.9 Å². The highest BCUT2D eigenvalue weighted by atomic mass is 16.5. The molecule has 0 radical (unpaired) electrons. The maximum Gasteiger partial charge on any atom is 0.329 e. The third-order valence-corrected chi connectivity index (χ3v) is 5.07. The molecule has 0 spiro atoms. The van der Waals surface area contributed by atoms with Gasteiger partial charge in [-0.15, -0.1) is 0 Å². The van der Waals surface area contributed by atoms with Crippen molar-refractivity contribution in [2.75, 3.05) is 13.2 Å². The summed E-state index contributed by atoms with van der Waals surface area (Å²) < 4.78 is 5.66. The first-order valence-corrected chi connectivity index (χ1v) is 7.63. The highest BCUT2D eigenvalue weighted by Crippen LogP contribution is 2.40. The van der Waals surface area contributed by atoms with Crippen LogP contribution in [0.1, 0.15) is 42.4 Å². The number of fused-ring (bicyclic) bond motifs is 1. The quantitative estimate of drug-likeness (QED) is 0.910. The van der Waals surface area contributed by atoms with E-state index in [2.05, 4.69) is 0 Å². The van der Waals surface area contributed by atoms with E-state index in [0.717, 1.165) is 28.9 Å². The number of aryl methyl sites for hydroxylation is 2. The molecule has 1 amide bonds. The summed E-state index contributed by atoms with van der Waals surface area (Å²) in [5, 5.41) is 9.49. The number of carboxylic acid groups (broad SMARTS) is 1. The molecule has 2 unspecified atom stereocenters. The Morgan fingerprint density at radius 2 is 2.00 bits per heavy atom. The van der Waals surface area contributed by atoms with Crippen molar-refractivity contribution < 1.29 is 19.4 Å². The average Bonchev–Trinajstić information content (AvgIpc) is 3.03. The molecule has 0 aliphatic carbocycles. The summed E-state index contributed by atoms with van der Waals surface area (Å²) in [5.74, 6) is -0.717. The molecule has 1 aromatic carbocycles. The molecule has 2 aliphatic heterocycles. The summed E-state index contributed by atoms with van der Waals surface area (Å²) in [6, 6.07) is 3.95. The largest absolute Gasteiger partial charge is 0.492 e. The van der Waals surface area contributed by atoms with Crippen LogP contribution >= 0.6 is 0 Å². The molecular weight excluding hydrogens is 282 g/mol. The smallest absolute Gasteiger partial charge is 0.329 e. The highest BCUT2D eigenvalue weighted by molar-refractivity contribution is 5.92. The molecule has 2 atom stereocenters. The lowest BCUT2D eigenvalue weighted by Gasteiger charge is -2.32. The number of ether oxygens (including phenoxy) is 1. The number of hydrogen-bond acceptors (Lipinski definition) is 3. The summed E-state index contributed by atoms with van der Waals surface area (Å²) in [5.41, 5.74) is 2.03. The second kappa shape index (κ2) is 5.00. The lowest BCUT2D eigenvalue weighted by Crippen LogP contribution is -2.52. The molecule has 1 fully saturated rings. The molecule has 1 N–H and O–H groups in total. The van der Waals surface area contributed by atoms with Crippen LogP contribution in [-0.4, -0.2) is 40.6 Å². The van der Waals surface area contributed by atoms with Crippen LogP contribution in [0.5, 0.6) is 5.75 Å². The molecule has 5 heteroatoms. The molecule has 118 valence electrons. The molecule has 1 aromatic rings. The number of nitrogens with zero attached hydrogens (tertiary/aromatic N) is 1. The number of aliphatic carboxylic acids is 1. The van der Waals surface area contributed by atoms with Gasteiger partial charge in [-0.25, -0.2) is 4.79 Å². The van der Waals surface area contributed by atoms with Gasteiger partial charge >= 0.3 is 5.97 Å². The number of rotatable bonds is 2. The van der Waals surface area contributed by atoms with Gasteiger partial charge in [-0.2, -0.15) is 0 Å². The van der Waals surface area contributed by atoms with E-state index in [-0.39, 0.29) is 5.91 Å². The van der Waals surface area contributed by atoms with Gasteiger partial charge in [0.05, 0.1) is 0 Å². The summed E-state index contributed by atoms with van der Waals surface area (Å²) in [7, 11) is 0. The molecule has 0 aromatic heterocycles. The van der Waals surface area contributed by atoms with Crippen LogP contribution in [0.25, 0.3) is 0 Å². The van der Waals surface area contributed by atoms with Crippen molar-refractivity contribution in [1.29, 1.82) is 0 Å². The zero-order valence-corrected chi connectivity index (χ0v) is 13.2. The van der Waals surface area contributed by atoms with E-state index < -0.39 is 17.4 Å². The second-order valence-corrected chi connectivity index (χ2v) is 6.51. The van der Waals surface area contributed by atoms with Gasteiger partial charge in [-0.05, 0) is 50.8 Å². The lowest BCUT2D eigenvalue weighted by molar-refractivity contribution is -0.156. The van der Waals surface area contributed by atoms with Gasteiger partial charge in [0.1, 0.15) is 23.8 Å². The average molecular weight is 303 g/mol. The Hall–Kier alpha value is -2.04.